The summed E-state index contributed by atoms with van der Waals surface area (Å²) in [4.78, 5) is 15.5. The minimum atomic E-state index is -0.457. The van der Waals surface area contributed by atoms with Gasteiger partial charge in [0.2, 0.25) is 12.6 Å². The molecule has 2 aromatic rings. The van der Waals surface area contributed by atoms with E-state index in [4.69, 9.17) is 18.7 Å². The summed E-state index contributed by atoms with van der Waals surface area (Å²) < 4.78 is 20.8. The van der Waals surface area contributed by atoms with Gasteiger partial charge in [0, 0.05) is 12.6 Å². The minimum Gasteiger partial charge on any atom is -0.485 e. The zero-order chi connectivity index (χ0) is 15.4. The molecule has 1 aliphatic heterocycles. The third kappa shape index (κ3) is 3.00. The summed E-state index contributed by atoms with van der Waals surface area (Å²) in [6, 6.07) is 5.20. The van der Waals surface area contributed by atoms with E-state index in [1.165, 1.54) is 0 Å². The Morgan fingerprint density at radius 3 is 3.14 bits per heavy atom. The minimum absolute atomic E-state index is 0.0673. The molecule has 0 saturated carbocycles. The van der Waals surface area contributed by atoms with Gasteiger partial charge in [0.1, 0.15) is 5.75 Å². The summed E-state index contributed by atoms with van der Waals surface area (Å²) in [7, 11) is 0. The molecule has 22 heavy (non-hydrogen) atoms. The van der Waals surface area contributed by atoms with Crippen LogP contribution in [0.3, 0.4) is 0 Å². The molecular formula is C14H13N3O5. The number of benzene rings is 1. The van der Waals surface area contributed by atoms with Gasteiger partial charge in [0.05, 0.1) is 0 Å². The Morgan fingerprint density at radius 1 is 1.41 bits per heavy atom. The van der Waals surface area contributed by atoms with Gasteiger partial charge in [-0.25, -0.2) is 0 Å². The third-order valence-corrected chi connectivity index (χ3v) is 2.78. The van der Waals surface area contributed by atoms with Crippen molar-refractivity contribution < 1.29 is 23.5 Å². The van der Waals surface area contributed by atoms with Crippen LogP contribution in [0.15, 0.2) is 35.4 Å². The van der Waals surface area contributed by atoms with Gasteiger partial charge < -0.3 is 24.1 Å². The van der Waals surface area contributed by atoms with Crippen molar-refractivity contribution in [2.75, 3.05) is 13.3 Å². The lowest BCUT2D eigenvalue weighted by atomic mass is 10.3. The first-order chi connectivity index (χ1) is 10.8. The number of nitrogens with one attached hydrogen (secondary N) is 1. The Labute approximate surface area is 125 Å². The number of hydrogen-bond acceptors (Lipinski definition) is 7. The lowest BCUT2D eigenvalue weighted by Crippen LogP contribution is -2.23. The van der Waals surface area contributed by atoms with Gasteiger partial charge >= 0.3 is 11.8 Å². The molecule has 8 nitrogen and oxygen atoms in total. The number of carbonyl (C=O) groups excluding carboxylic acids is 1. The van der Waals surface area contributed by atoms with E-state index < -0.39 is 5.91 Å². The number of aromatic nitrogens is 2. The Hall–Kier alpha value is -3.03. The molecule has 0 aliphatic carbocycles. The summed E-state index contributed by atoms with van der Waals surface area (Å²) in [6.07, 6.45) is 1.55. The van der Waals surface area contributed by atoms with Crippen molar-refractivity contribution >= 4 is 5.91 Å². The molecule has 114 valence electrons. The van der Waals surface area contributed by atoms with E-state index in [9.17, 15) is 4.79 Å². The highest BCUT2D eigenvalue weighted by Gasteiger charge is 2.16. The second-order valence-corrected chi connectivity index (χ2v) is 4.32. The maximum atomic E-state index is 11.6. The maximum Gasteiger partial charge on any atom is 0.316 e. The normalized spacial score (nSPS) is 12.0. The van der Waals surface area contributed by atoms with Gasteiger partial charge in [-0.3, -0.25) is 4.79 Å². The van der Waals surface area contributed by atoms with E-state index >= 15 is 0 Å². The lowest BCUT2D eigenvalue weighted by Gasteiger charge is -2.03. The predicted molar refractivity (Wildman–Crippen MR) is 73.7 cm³/mol. The van der Waals surface area contributed by atoms with Gasteiger partial charge in [-0.1, -0.05) is 11.2 Å². The van der Waals surface area contributed by atoms with Crippen LogP contribution in [0.5, 0.6) is 17.2 Å². The van der Waals surface area contributed by atoms with Gasteiger partial charge in [-0.05, 0) is 12.1 Å². The SMILES string of the molecule is C=CCNC(=O)c1nc(COc2ccc3c(c2)OCO3)no1. The standard InChI is InChI=1S/C14H13N3O5/c1-2-5-15-13(18)14-16-12(17-22-14)7-19-9-3-4-10-11(6-9)21-8-20-10/h2-4,6H,1,5,7-8H2,(H,15,18). The van der Waals surface area contributed by atoms with Crippen LogP contribution in [0.2, 0.25) is 0 Å². The Balaban J connectivity index is 1.59. The fourth-order valence-electron chi connectivity index (χ4n) is 1.76. The van der Waals surface area contributed by atoms with Crippen LogP contribution in [0.1, 0.15) is 16.5 Å². The average molecular weight is 303 g/mol. The van der Waals surface area contributed by atoms with Crippen LogP contribution in [0.25, 0.3) is 0 Å². The maximum absolute atomic E-state index is 11.6. The molecule has 1 N–H and O–H groups in total. The summed E-state index contributed by atoms with van der Waals surface area (Å²) in [5.41, 5.74) is 0. The van der Waals surface area contributed by atoms with Crippen molar-refractivity contribution in [1.29, 1.82) is 0 Å². The fraction of sp³-hybridized carbons (Fsp3) is 0.214. The van der Waals surface area contributed by atoms with Crippen LogP contribution in [-0.4, -0.2) is 29.4 Å². The first kappa shape index (κ1) is 13.9. The zero-order valence-corrected chi connectivity index (χ0v) is 11.6. The van der Waals surface area contributed by atoms with Crippen molar-refractivity contribution in [2.24, 2.45) is 0 Å². The summed E-state index contributed by atoms with van der Waals surface area (Å²) >= 11 is 0. The van der Waals surface area contributed by atoms with Gasteiger partial charge in [-0.15, -0.1) is 6.58 Å². The molecule has 0 bridgehead atoms. The molecule has 1 amide bonds. The second-order valence-electron chi connectivity index (χ2n) is 4.32. The van der Waals surface area contributed by atoms with Crippen LogP contribution < -0.4 is 19.5 Å². The Kier molecular flexibility index (Phi) is 3.90. The molecule has 0 radical (unpaired) electrons. The van der Waals surface area contributed by atoms with Crippen LogP contribution in [-0.2, 0) is 6.61 Å². The fourth-order valence-corrected chi connectivity index (χ4v) is 1.76. The van der Waals surface area contributed by atoms with Crippen LogP contribution in [0, 0.1) is 0 Å². The molecule has 0 unspecified atom stereocenters. The van der Waals surface area contributed by atoms with Crippen molar-refractivity contribution in [1.82, 2.24) is 15.5 Å². The lowest BCUT2D eigenvalue weighted by molar-refractivity contribution is 0.0914. The number of fused-ring (bicyclic) bond motifs is 1. The molecule has 0 spiro atoms. The zero-order valence-electron chi connectivity index (χ0n) is 11.6. The van der Waals surface area contributed by atoms with E-state index in [0.29, 0.717) is 23.8 Å². The molecule has 1 aliphatic rings. The number of carbonyl (C=O) groups is 1. The first-order valence-electron chi connectivity index (χ1n) is 6.50. The van der Waals surface area contributed by atoms with E-state index in [1.807, 2.05) is 0 Å². The monoisotopic (exact) mass is 303 g/mol. The number of hydrogen-bond donors (Lipinski definition) is 1. The van der Waals surface area contributed by atoms with E-state index in [0.717, 1.165) is 0 Å². The van der Waals surface area contributed by atoms with E-state index in [2.05, 4.69) is 22.0 Å². The van der Waals surface area contributed by atoms with Crippen molar-refractivity contribution in [3.63, 3.8) is 0 Å². The van der Waals surface area contributed by atoms with Crippen molar-refractivity contribution in [3.05, 3.63) is 42.6 Å². The number of amides is 1. The quantitative estimate of drug-likeness (QED) is 0.803. The molecule has 1 aromatic heterocycles. The summed E-state index contributed by atoms with van der Waals surface area (Å²) in [5.74, 6) is 1.56. The molecule has 0 atom stereocenters. The number of rotatable bonds is 6. The second kappa shape index (κ2) is 6.17. The van der Waals surface area contributed by atoms with Gasteiger partial charge in [-0.2, -0.15) is 4.98 Å². The molecule has 0 saturated heterocycles. The molecule has 3 rings (SSSR count). The van der Waals surface area contributed by atoms with Crippen LogP contribution in [0.4, 0.5) is 0 Å². The van der Waals surface area contributed by atoms with Crippen LogP contribution >= 0.6 is 0 Å². The Morgan fingerprint density at radius 2 is 2.27 bits per heavy atom. The predicted octanol–water partition coefficient (Wildman–Crippen LogP) is 1.29. The highest BCUT2D eigenvalue weighted by atomic mass is 16.7. The third-order valence-electron chi connectivity index (χ3n) is 2.78. The smallest absolute Gasteiger partial charge is 0.316 e. The Bertz CT molecular complexity index is 698. The molecule has 0 fully saturated rings. The van der Waals surface area contributed by atoms with Crippen molar-refractivity contribution in [2.45, 2.75) is 6.61 Å². The van der Waals surface area contributed by atoms with E-state index in [1.54, 1.807) is 24.3 Å². The van der Waals surface area contributed by atoms with Gasteiger partial charge in [0.25, 0.3) is 0 Å². The highest BCUT2D eigenvalue weighted by Crippen LogP contribution is 2.35. The average Bonchev–Trinajstić information content (AvgIpc) is 3.18. The molecule has 2 heterocycles. The topological polar surface area (TPSA) is 95.7 Å². The molecular weight excluding hydrogens is 290 g/mol. The van der Waals surface area contributed by atoms with E-state index in [-0.39, 0.29) is 25.1 Å². The first-order valence-corrected chi connectivity index (χ1v) is 6.50. The number of nitrogens with zero attached hydrogens (tertiary/aromatic N) is 2. The summed E-state index contributed by atoms with van der Waals surface area (Å²) in [5, 5.41) is 6.22. The summed E-state index contributed by atoms with van der Waals surface area (Å²) in [6.45, 7) is 4.09. The van der Waals surface area contributed by atoms with Crippen molar-refractivity contribution in [3.8, 4) is 17.2 Å². The molecule has 1 aromatic carbocycles. The largest absolute Gasteiger partial charge is 0.485 e. The highest BCUT2D eigenvalue weighted by molar-refractivity contribution is 5.89. The van der Waals surface area contributed by atoms with Gasteiger partial charge in [0.15, 0.2) is 18.1 Å². The molecule has 8 heteroatoms. The number of ether oxygens (including phenoxy) is 3.